The number of anilines is 1. The molecule has 0 radical (unpaired) electrons. The van der Waals surface area contributed by atoms with Crippen molar-refractivity contribution >= 4 is 17.5 Å². The Labute approximate surface area is 166 Å². The van der Waals surface area contributed by atoms with Crippen molar-refractivity contribution in [1.29, 1.82) is 0 Å². The molecule has 1 N–H and O–H groups in total. The second-order valence-corrected chi connectivity index (χ2v) is 7.29. The molecule has 2 aromatic rings. The van der Waals surface area contributed by atoms with E-state index in [0.717, 1.165) is 31.5 Å². The van der Waals surface area contributed by atoms with E-state index in [-0.39, 0.29) is 11.8 Å². The smallest absolute Gasteiger partial charge is 0.265 e. The molecule has 0 spiro atoms. The Hall–Kier alpha value is -2.82. The quantitative estimate of drug-likeness (QED) is 0.811. The number of hydrogen-bond donors (Lipinski definition) is 1. The van der Waals surface area contributed by atoms with Crippen LogP contribution < -0.4 is 10.1 Å². The van der Waals surface area contributed by atoms with Crippen LogP contribution in [-0.4, -0.2) is 35.9 Å². The third kappa shape index (κ3) is 4.53. The van der Waals surface area contributed by atoms with Crippen molar-refractivity contribution in [1.82, 2.24) is 4.90 Å². The van der Waals surface area contributed by atoms with Gasteiger partial charge in [0.05, 0.1) is 11.3 Å². The van der Waals surface area contributed by atoms with E-state index in [1.807, 2.05) is 56.0 Å². The van der Waals surface area contributed by atoms with Crippen LogP contribution in [0.4, 0.5) is 5.69 Å². The molecule has 2 aromatic carbocycles. The lowest BCUT2D eigenvalue weighted by Gasteiger charge is -2.21. The number of para-hydroxylation sites is 1. The second-order valence-electron chi connectivity index (χ2n) is 7.29. The van der Waals surface area contributed by atoms with E-state index in [1.54, 1.807) is 12.1 Å². The van der Waals surface area contributed by atoms with Gasteiger partial charge in [-0.05, 0) is 68.5 Å². The summed E-state index contributed by atoms with van der Waals surface area (Å²) < 4.78 is 5.93. The molecule has 148 valence electrons. The molecule has 1 fully saturated rings. The van der Waals surface area contributed by atoms with Crippen molar-refractivity contribution in [2.45, 2.75) is 46.1 Å². The Morgan fingerprint density at radius 3 is 2.46 bits per heavy atom. The van der Waals surface area contributed by atoms with Gasteiger partial charge in [-0.2, -0.15) is 0 Å². The maximum Gasteiger partial charge on any atom is 0.265 e. The second kappa shape index (κ2) is 8.91. The number of carbonyl (C=O) groups excluding carboxylic acids is 2. The number of nitrogens with zero attached hydrogens (tertiary/aromatic N) is 1. The fourth-order valence-electron chi connectivity index (χ4n) is 3.36. The average Bonchev–Trinajstić information content (AvgIpc) is 3.23. The molecule has 2 amide bonds. The number of hydrogen-bond acceptors (Lipinski definition) is 3. The number of aryl methyl sites for hydroxylation is 2. The van der Waals surface area contributed by atoms with Crippen LogP contribution >= 0.6 is 0 Å². The van der Waals surface area contributed by atoms with Crippen LogP contribution in [-0.2, 0) is 4.79 Å². The molecule has 0 unspecified atom stereocenters. The molecule has 0 bridgehead atoms. The Morgan fingerprint density at radius 2 is 1.79 bits per heavy atom. The van der Waals surface area contributed by atoms with Gasteiger partial charge < -0.3 is 15.0 Å². The molecule has 3 rings (SSSR count). The molecular formula is C23H28N2O3. The number of rotatable bonds is 6. The highest BCUT2D eigenvalue weighted by Crippen LogP contribution is 2.22. The van der Waals surface area contributed by atoms with E-state index in [1.165, 1.54) is 5.56 Å². The molecule has 1 heterocycles. The summed E-state index contributed by atoms with van der Waals surface area (Å²) in [7, 11) is 0. The van der Waals surface area contributed by atoms with Gasteiger partial charge in [0, 0.05) is 13.1 Å². The van der Waals surface area contributed by atoms with Crippen LogP contribution in [0.25, 0.3) is 0 Å². The van der Waals surface area contributed by atoms with Crippen molar-refractivity contribution in [3.05, 3.63) is 59.2 Å². The van der Waals surface area contributed by atoms with Gasteiger partial charge in [-0.1, -0.05) is 25.1 Å². The van der Waals surface area contributed by atoms with Gasteiger partial charge in [-0.15, -0.1) is 0 Å². The summed E-state index contributed by atoms with van der Waals surface area (Å²) in [6.07, 6.45) is 1.96. The van der Waals surface area contributed by atoms with E-state index in [2.05, 4.69) is 5.32 Å². The van der Waals surface area contributed by atoms with Crippen LogP contribution in [0.2, 0.25) is 0 Å². The lowest BCUT2D eigenvalue weighted by Crippen LogP contribution is -2.34. The summed E-state index contributed by atoms with van der Waals surface area (Å²) in [5.74, 6) is 0.394. The van der Waals surface area contributed by atoms with Crippen molar-refractivity contribution in [2.24, 2.45) is 0 Å². The Kier molecular flexibility index (Phi) is 6.34. The first kappa shape index (κ1) is 19.9. The molecule has 1 atom stereocenters. The standard InChI is InChI=1S/C23H28N2O3/c1-4-21(28-18-12-11-16(2)17(3)15-18)22(26)24-20-10-6-5-9-19(20)23(27)25-13-7-8-14-25/h5-6,9-12,15,21H,4,7-8,13-14H2,1-3H3,(H,24,26)/t21-/m1/s1. The topological polar surface area (TPSA) is 58.6 Å². The van der Waals surface area contributed by atoms with E-state index in [9.17, 15) is 9.59 Å². The van der Waals surface area contributed by atoms with E-state index in [4.69, 9.17) is 4.74 Å². The zero-order valence-electron chi connectivity index (χ0n) is 16.8. The molecule has 1 aliphatic heterocycles. The van der Waals surface area contributed by atoms with Crippen LogP contribution in [0.3, 0.4) is 0 Å². The number of likely N-dealkylation sites (tertiary alicyclic amines) is 1. The first-order valence-electron chi connectivity index (χ1n) is 9.92. The van der Waals surface area contributed by atoms with Gasteiger partial charge in [-0.25, -0.2) is 0 Å². The number of carbonyl (C=O) groups is 2. The first-order chi connectivity index (χ1) is 13.5. The number of ether oxygens (including phenoxy) is 1. The van der Waals surface area contributed by atoms with E-state index in [0.29, 0.717) is 23.4 Å². The maximum absolute atomic E-state index is 12.8. The lowest BCUT2D eigenvalue weighted by atomic mass is 10.1. The fourth-order valence-corrected chi connectivity index (χ4v) is 3.36. The van der Waals surface area contributed by atoms with Gasteiger partial charge in [0.2, 0.25) is 0 Å². The van der Waals surface area contributed by atoms with Crippen molar-refractivity contribution in [3.63, 3.8) is 0 Å². The first-order valence-corrected chi connectivity index (χ1v) is 9.92. The summed E-state index contributed by atoms with van der Waals surface area (Å²) in [5, 5.41) is 2.90. The Bertz CT molecular complexity index is 857. The largest absolute Gasteiger partial charge is 0.481 e. The maximum atomic E-state index is 12.8. The Balaban J connectivity index is 1.73. The molecule has 28 heavy (non-hydrogen) atoms. The number of amides is 2. The van der Waals surface area contributed by atoms with Gasteiger partial charge in [0.1, 0.15) is 5.75 Å². The summed E-state index contributed by atoms with van der Waals surface area (Å²) in [6, 6.07) is 13.0. The van der Waals surface area contributed by atoms with Crippen LogP contribution in [0, 0.1) is 13.8 Å². The number of nitrogens with one attached hydrogen (secondary N) is 1. The fraction of sp³-hybridized carbons (Fsp3) is 0.391. The van der Waals surface area contributed by atoms with Crippen LogP contribution in [0.1, 0.15) is 47.7 Å². The zero-order valence-corrected chi connectivity index (χ0v) is 16.8. The predicted octanol–water partition coefficient (Wildman–Crippen LogP) is 4.34. The van der Waals surface area contributed by atoms with Crippen LogP contribution in [0.5, 0.6) is 5.75 Å². The summed E-state index contributed by atoms with van der Waals surface area (Å²) in [4.78, 5) is 27.5. The van der Waals surface area contributed by atoms with Crippen molar-refractivity contribution < 1.29 is 14.3 Å². The highest BCUT2D eigenvalue weighted by molar-refractivity contribution is 6.04. The normalized spacial score (nSPS) is 14.6. The molecule has 0 aromatic heterocycles. The third-order valence-corrected chi connectivity index (χ3v) is 5.23. The summed E-state index contributed by atoms with van der Waals surface area (Å²) >= 11 is 0. The SMILES string of the molecule is CC[C@@H](Oc1ccc(C)c(C)c1)C(=O)Nc1ccccc1C(=O)N1CCCC1. The highest BCUT2D eigenvalue weighted by atomic mass is 16.5. The monoisotopic (exact) mass is 380 g/mol. The van der Waals surface area contributed by atoms with Crippen molar-refractivity contribution in [2.75, 3.05) is 18.4 Å². The zero-order chi connectivity index (χ0) is 20.1. The summed E-state index contributed by atoms with van der Waals surface area (Å²) in [6.45, 7) is 7.51. The predicted molar refractivity (Wildman–Crippen MR) is 111 cm³/mol. The lowest BCUT2D eigenvalue weighted by molar-refractivity contribution is -0.122. The average molecular weight is 380 g/mol. The van der Waals surface area contributed by atoms with E-state index < -0.39 is 6.10 Å². The van der Waals surface area contributed by atoms with Crippen LogP contribution in [0.15, 0.2) is 42.5 Å². The van der Waals surface area contributed by atoms with Gasteiger partial charge in [-0.3, -0.25) is 9.59 Å². The molecule has 1 saturated heterocycles. The van der Waals surface area contributed by atoms with Crippen molar-refractivity contribution in [3.8, 4) is 5.75 Å². The summed E-state index contributed by atoms with van der Waals surface area (Å²) in [5.41, 5.74) is 3.36. The van der Waals surface area contributed by atoms with Gasteiger partial charge in [0.15, 0.2) is 6.10 Å². The van der Waals surface area contributed by atoms with E-state index >= 15 is 0 Å². The minimum absolute atomic E-state index is 0.0310. The van der Waals surface area contributed by atoms with Gasteiger partial charge in [0.25, 0.3) is 11.8 Å². The molecule has 0 saturated carbocycles. The molecular weight excluding hydrogens is 352 g/mol. The molecule has 0 aliphatic carbocycles. The Morgan fingerprint density at radius 1 is 1.07 bits per heavy atom. The minimum Gasteiger partial charge on any atom is -0.481 e. The molecule has 5 nitrogen and oxygen atoms in total. The third-order valence-electron chi connectivity index (χ3n) is 5.23. The van der Waals surface area contributed by atoms with Gasteiger partial charge >= 0.3 is 0 Å². The minimum atomic E-state index is -0.628. The molecule has 1 aliphatic rings. The molecule has 5 heteroatoms. The highest BCUT2D eigenvalue weighted by Gasteiger charge is 2.24. The number of benzene rings is 2.